The summed E-state index contributed by atoms with van der Waals surface area (Å²) in [6.45, 7) is 19.7. The molecule has 6 N–H and O–H groups in total. The zero-order chi connectivity index (χ0) is 54.0. The normalized spacial score (nSPS) is 18.0. The molecule has 1 saturated heterocycles. The fraction of sp³-hybridized carbons (Fsp3) is 0.760. The van der Waals surface area contributed by atoms with Crippen molar-refractivity contribution in [3.63, 3.8) is 0 Å². The quantitative estimate of drug-likeness (QED) is 0.0225. The Kier molecular flexibility index (Phi) is 27.7. The van der Waals surface area contributed by atoms with Crippen LogP contribution in [0.1, 0.15) is 137 Å². The fourth-order valence-corrected chi connectivity index (χ4v) is 8.42. The van der Waals surface area contributed by atoms with Crippen molar-refractivity contribution < 1.29 is 86.6 Å². The highest BCUT2D eigenvalue weighted by Gasteiger charge is 2.37. The maximum absolute atomic E-state index is 13.2. The highest BCUT2D eigenvalue weighted by atomic mass is 16.5. The van der Waals surface area contributed by atoms with Gasteiger partial charge in [-0.05, 0) is 68.1 Å². The number of nitrogens with one attached hydrogen (secondary N) is 3. The minimum atomic E-state index is -1.39. The van der Waals surface area contributed by atoms with Gasteiger partial charge in [0.2, 0.25) is 29.5 Å². The average Bonchev–Trinajstić information content (AvgIpc) is 3.55. The summed E-state index contributed by atoms with van der Waals surface area (Å²) in [5, 5.41) is 36.3. The lowest BCUT2D eigenvalue weighted by Crippen LogP contribution is -2.47. The summed E-state index contributed by atoms with van der Waals surface area (Å²) in [6, 6.07) is -2.63. The Bertz CT molecular complexity index is 1910. The molecule has 0 bridgehead atoms. The molecular weight excluding hydrogens is 941 g/mol. The summed E-state index contributed by atoms with van der Waals surface area (Å²) in [4.78, 5) is 124. The van der Waals surface area contributed by atoms with Crippen LogP contribution in [-0.2, 0) is 62.2 Å². The first-order chi connectivity index (χ1) is 33.8. The number of carboxylic acids is 3. The first-order valence-corrected chi connectivity index (χ1v) is 25.1. The predicted molar refractivity (Wildman–Crippen MR) is 261 cm³/mol. The lowest BCUT2D eigenvalue weighted by atomic mass is 9.76. The number of carbonyl (C=O) groups is 10. The molecule has 1 aliphatic carbocycles. The molecule has 406 valence electrons. The average molecular weight is 1020 g/mol. The van der Waals surface area contributed by atoms with E-state index in [1.54, 1.807) is 6.92 Å². The number of carboxylic acid groups (broad SMARTS) is 3. The lowest BCUT2D eigenvalue weighted by Gasteiger charge is -2.31. The summed E-state index contributed by atoms with van der Waals surface area (Å²) in [7, 11) is 0. The van der Waals surface area contributed by atoms with Gasteiger partial charge in [0.1, 0.15) is 19.5 Å². The Morgan fingerprint density at radius 1 is 0.694 bits per heavy atom. The van der Waals surface area contributed by atoms with Gasteiger partial charge in [-0.3, -0.25) is 38.5 Å². The Morgan fingerprint density at radius 2 is 1.24 bits per heavy atom. The van der Waals surface area contributed by atoms with E-state index < -0.39 is 60.1 Å². The number of hydrogen-bond acceptors (Lipinski definition) is 13. The van der Waals surface area contributed by atoms with E-state index in [1.807, 2.05) is 27.7 Å². The SMILES string of the molecule is C=[N+](CCCOCCOCCOCCC[N+](=C)C(=O)C(CCC(=O)O)NC(=O)CCC(NC(=O)C1CCC(CNC(=O)CC(C)(C)CCC(C)(C)CC(=O)O)CC1)C(=O)O)C(=O)CCN1C(=O)CC(C)C1=O. The number of imide groups is 1. The molecule has 0 aromatic heterocycles. The van der Waals surface area contributed by atoms with Crippen molar-refractivity contribution in [1.29, 1.82) is 0 Å². The smallest absolute Gasteiger partial charge is 0.408 e. The van der Waals surface area contributed by atoms with Crippen molar-refractivity contribution in [2.24, 2.45) is 28.6 Å². The van der Waals surface area contributed by atoms with E-state index in [0.717, 1.165) is 9.48 Å². The van der Waals surface area contributed by atoms with Gasteiger partial charge in [0.05, 0.1) is 52.5 Å². The van der Waals surface area contributed by atoms with E-state index in [9.17, 15) is 58.2 Å². The second-order valence-corrected chi connectivity index (χ2v) is 20.6. The molecule has 3 atom stereocenters. The molecule has 1 heterocycles. The summed E-state index contributed by atoms with van der Waals surface area (Å²) < 4.78 is 19.0. The van der Waals surface area contributed by atoms with Gasteiger partial charge >= 0.3 is 29.7 Å². The van der Waals surface area contributed by atoms with Crippen molar-refractivity contribution in [3.8, 4) is 0 Å². The molecule has 0 radical (unpaired) electrons. The molecule has 1 saturated carbocycles. The number of rotatable bonds is 37. The van der Waals surface area contributed by atoms with Crippen LogP contribution in [0, 0.1) is 28.6 Å². The van der Waals surface area contributed by atoms with Gasteiger partial charge in [0, 0.05) is 63.5 Å². The van der Waals surface area contributed by atoms with Gasteiger partial charge in [-0.25, -0.2) is 14.4 Å². The molecule has 3 unspecified atom stereocenters. The van der Waals surface area contributed by atoms with E-state index in [1.165, 1.54) is 4.58 Å². The highest BCUT2D eigenvalue weighted by molar-refractivity contribution is 6.03. The van der Waals surface area contributed by atoms with Gasteiger partial charge in [-0.15, -0.1) is 0 Å². The van der Waals surface area contributed by atoms with Crippen LogP contribution in [0.2, 0.25) is 0 Å². The Balaban J connectivity index is 1.64. The molecule has 0 aromatic carbocycles. The molecule has 0 aromatic rings. The Labute approximate surface area is 423 Å². The van der Waals surface area contributed by atoms with E-state index in [0.29, 0.717) is 90.7 Å². The second-order valence-electron chi connectivity index (χ2n) is 20.6. The van der Waals surface area contributed by atoms with Crippen LogP contribution in [-0.4, -0.2) is 180 Å². The number of ether oxygens (including phenoxy) is 3. The molecule has 22 heteroatoms. The van der Waals surface area contributed by atoms with Crippen LogP contribution in [0.4, 0.5) is 0 Å². The zero-order valence-corrected chi connectivity index (χ0v) is 43.2. The van der Waals surface area contributed by atoms with Crippen LogP contribution in [0.15, 0.2) is 0 Å². The number of amides is 7. The largest absolute Gasteiger partial charge is 0.481 e. The van der Waals surface area contributed by atoms with Crippen molar-refractivity contribution >= 4 is 72.7 Å². The minimum absolute atomic E-state index is 0.00978. The molecule has 7 amide bonds. The number of hydrogen-bond donors (Lipinski definition) is 6. The molecule has 1 aliphatic heterocycles. The Hall–Kier alpha value is -5.48. The highest BCUT2D eigenvalue weighted by Crippen LogP contribution is 2.35. The van der Waals surface area contributed by atoms with E-state index in [-0.39, 0.29) is 118 Å². The molecule has 22 nitrogen and oxygen atoms in total. The predicted octanol–water partition coefficient (Wildman–Crippen LogP) is 2.40. The van der Waals surface area contributed by atoms with Gasteiger partial charge in [0.25, 0.3) is 0 Å². The fourth-order valence-electron chi connectivity index (χ4n) is 8.42. The van der Waals surface area contributed by atoms with Crippen LogP contribution in [0.5, 0.6) is 0 Å². The first kappa shape index (κ1) is 62.6. The second kappa shape index (κ2) is 31.9. The van der Waals surface area contributed by atoms with Crippen molar-refractivity contribution in [3.05, 3.63) is 0 Å². The minimum Gasteiger partial charge on any atom is -0.481 e. The van der Waals surface area contributed by atoms with Gasteiger partial charge in [-0.2, -0.15) is 9.15 Å². The number of aliphatic carboxylic acids is 3. The molecule has 2 fully saturated rings. The van der Waals surface area contributed by atoms with Gasteiger partial charge in [-0.1, -0.05) is 34.6 Å². The topological polar surface area (TPSA) is 304 Å². The summed E-state index contributed by atoms with van der Waals surface area (Å²) in [5.74, 6) is -6.74. The molecular formula is C50H82N6O16+2. The third kappa shape index (κ3) is 25.3. The van der Waals surface area contributed by atoms with Crippen LogP contribution in [0.25, 0.3) is 0 Å². The van der Waals surface area contributed by atoms with Crippen molar-refractivity contribution in [2.45, 2.75) is 149 Å². The maximum Gasteiger partial charge on any atom is 0.408 e. The third-order valence-electron chi connectivity index (χ3n) is 13.0. The number of nitrogens with zero attached hydrogens (tertiary/aromatic N) is 3. The summed E-state index contributed by atoms with van der Waals surface area (Å²) >= 11 is 0. The van der Waals surface area contributed by atoms with E-state index >= 15 is 0 Å². The van der Waals surface area contributed by atoms with Crippen LogP contribution >= 0.6 is 0 Å². The number of carbonyl (C=O) groups excluding carboxylic acids is 7. The molecule has 2 aliphatic rings. The summed E-state index contributed by atoms with van der Waals surface area (Å²) in [5.41, 5.74) is -0.703. The molecule has 2 rings (SSSR count). The summed E-state index contributed by atoms with van der Waals surface area (Å²) in [6.07, 6.45) is 3.72. The lowest BCUT2D eigenvalue weighted by molar-refractivity contribution is -0.444. The molecule has 72 heavy (non-hydrogen) atoms. The standard InChI is InChI=1S/C50H80N6O16/c1-34-30-42(60)56(46(34)66)23-18-41(59)54(6)21-8-24-70-26-28-72-29-27-71-25-9-22-55(7)47(67)37(15-17-43(61)62)52-39(57)16-14-38(48(68)69)53-45(65)36-12-10-35(11-13-36)33-51-40(58)31-49(2,3)19-20-50(4,5)32-44(63)64/h34-38H,6-33H2,1-5H3,(H4-2,51,52,53,57,58,61,62,63,64,65,68,69)/p+2. The van der Waals surface area contributed by atoms with Crippen LogP contribution < -0.4 is 16.0 Å². The monoisotopic (exact) mass is 1020 g/mol. The van der Waals surface area contributed by atoms with Gasteiger partial charge in [0.15, 0.2) is 19.1 Å². The van der Waals surface area contributed by atoms with Gasteiger partial charge < -0.3 is 45.5 Å². The third-order valence-corrected chi connectivity index (χ3v) is 13.0. The molecule has 0 spiro atoms. The van der Waals surface area contributed by atoms with Crippen LogP contribution in [0.3, 0.4) is 0 Å². The van der Waals surface area contributed by atoms with E-state index in [2.05, 4.69) is 29.4 Å². The number of likely N-dealkylation sites (tertiary alicyclic amines) is 1. The van der Waals surface area contributed by atoms with Crippen molar-refractivity contribution in [1.82, 2.24) is 20.9 Å². The Morgan fingerprint density at radius 3 is 1.76 bits per heavy atom. The van der Waals surface area contributed by atoms with Crippen molar-refractivity contribution in [2.75, 3.05) is 65.8 Å². The van der Waals surface area contributed by atoms with E-state index in [4.69, 9.17) is 19.3 Å². The first-order valence-electron chi connectivity index (χ1n) is 25.1. The zero-order valence-electron chi connectivity index (χ0n) is 43.2. The maximum atomic E-state index is 13.2.